The molecular weight excluding hydrogens is 394 g/mol. The van der Waals surface area contributed by atoms with Gasteiger partial charge in [-0.05, 0) is 56.3 Å². The minimum atomic E-state index is -3.73. The van der Waals surface area contributed by atoms with E-state index in [-0.39, 0.29) is 5.91 Å². The predicted octanol–water partition coefficient (Wildman–Crippen LogP) is 2.84. The van der Waals surface area contributed by atoms with Crippen LogP contribution in [0.4, 0.5) is 17.1 Å². The van der Waals surface area contributed by atoms with E-state index in [2.05, 4.69) is 10.6 Å². The molecule has 0 saturated heterocycles. The summed E-state index contributed by atoms with van der Waals surface area (Å²) < 4.78 is 31.2. The molecule has 2 N–H and O–H groups in total. The smallest absolute Gasteiger partial charge is 0.247 e. The molecule has 2 aromatic rings. The molecule has 0 aliphatic rings. The fraction of sp³-hybridized carbons (Fsp3) is 0.300. The summed E-state index contributed by atoms with van der Waals surface area (Å²) >= 11 is 0. The monoisotopic (exact) mass is 419 g/mol. The summed E-state index contributed by atoms with van der Waals surface area (Å²) in [5.41, 5.74) is 1.31. The number of anilines is 3. The molecule has 156 valence electrons. The van der Waals surface area contributed by atoms with Gasteiger partial charge in [0.2, 0.25) is 21.8 Å². The summed E-state index contributed by atoms with van der Waals surface area (Å²) in [4.78, 5) is 23.9. The van der Waals surface area contributed by atoms with Gasteiger partial charge in [-0.1, -0.05) is 6.07 Å². The number of hydrogen-bond acceptors (Lipinski definition) is 5. The Hall–Kier alpha value is -3.07. The Bertz CT molecular complexity index is 974. The molecule has 0 aliphatic carbocycles. The SMILES string of the molecule is CCOc1ccc(N([C@H](C)C(=O)Nc2cccc(NC(C)=O)c2)S(C)(=O)=O)cc1. The molecule has 0 heterocycles. The van der Waals surface area contributed by atoms with Gasteiger partial charge in [0.05, 0.1) is 18.6 Å². The molecule has 8 nitrogen and oxygen atoms in total. The van der Waals surface area contributed by atoms with Crippen molar-refractivity contribution in [1.82, 2.24) is 0 Å². The molecule has 0 bridgehead atoms. The van der Waals surface area contributed by atoms with Crippen LogP contribution in [0.2, 0.25) is 0 Å². The Morgan fingerprint density at radius 2 is 1.66 bits per heavy atom. The van der Waals surface area contributed by atoms with Gasteiger partial charge in [0.15, 0.2) is 0 Å². The second-order valence-electron chi connectivity index (χ2n) is 6.41. The van der Waals surface area contributed by atoms with E-state index in [9.17, 15) is 18.0 Å². The lowest BCUT2D eigenvalue weighted by molar-refractivity contribution is -0.117. The molecule has 0 aromatic heterocycles. The van der Waals surface area contributed by atoms with E-state index >= 15 is 0 Å². The van der Waals surface area contributed by atoms with Crippen LogP contribution in [0, 0.1) is 0 Å². The molecule has 29 heavy (non-hydrogen) atoms. The van der Waals surface area contributed by atoms with Crippen LogP contribution < -0.4 is 19.7 Å². The zero-order valence-electron chi connectivity index (χ0n) is 16.8. The number of benzene rings is 2. The lowest BCUT2D eigenvalue weighted by Gasteiger charge is -2.28. The number of amides is 2. The number of sulfonamides is 1. The van der Waals surface area contributed by atoms with Crippen molar-refractivity contribution in [2.45, 2.75) is 26.8 Å². The van der Waals surface area contributed by atoms with Crippen LogP contribution in [0.15, 0.2) is 48.5 Å². The Kier molecular flexibility index (Phi) is 7.22. The molecular formula is C20H25N3O5S. The fourth-order valence-electron chi connectivity index (χ4n) is 2.79. The van der Waals surface area contributed by atoms with E-state index < -0.39 is 22.0 Å². The van der Waals surface area contributed by atoms with Crippen molar-refractivity contribution in [3.63, 3.8) is 0 Å². The standard InChI is InChI=1S/C20H25N3O5S/c1-5-28-19-11-9-18(10-12-19)23(29(4,26)27)14(2)20(25)22-17-8-6-7-16(13-17)21-15(3)24/h6-14H,5H2,1-4H3,(H,21,24)(H,22,25)/t14-/m1/s1. The maximum Gasteiger partial charge on any atom is 0.247 e. The largest absolute Gasteiger partial charge is 0.494 e. The van der Waals surface area contributed by atoms with Gasteiger partial charge in [-0.3, -0.25) is 13.9 Å². The zero-order chi connectivity index (χ0) is 21.6. The molecule has 0 saturated carbocycles. The van der Waals surface area contributed by atoms with Crippen LogP contribution in [0.1, 0.15) is 20.8 Å². The first-order chi connectivity index (χ1) is 13.6. The fourth-order valence-corrected chi connectivity index (χ4v) is 3.96. The van der Waals surface area contributed by atoms with Crippen molar-refractivity contribution in [3.8, 4) is 5.75 Å². The number of hydrogen-bond donors (Lipinski definition) is 2. The van der Waals surface area contributed by atoms with Crippen molar-refractivity contribution in [3.05, 3.63) is 48.5 Å². The quantitative estimate of drug-likeness (QED) is 0.685. The van der Waals surface area contributed by atoms with Gasteiger partial charge in [0.25, 0.3) is 0 Å². The summed E-state index contributed by atoms with van der Waals surface area (Å²) in [5.74, 6) is -0.138. The number of rotatable bonds is 8. The van der Waals surface area contributed by atoms with E-state index in [4.69, 9.17) is 4.74 Å². The van der Waals surface area contributed by atoms with Gasteiger partial charge >= 0.3 is 0 Å². The topological polar surface area (TPSA) is 105 Å². The van der Waals surface area contributed by atoms with Crippen LogP contribution in [0.5, 0.6) is 5.75 Å². The molecule has 0 fully saturated rings. The van der Waals surface area contributed by atoms with Crippen LogP contribution in [0.3, 0.4) is 0 Å². The summed E-state index contributed by atoms with van der Waals surface area (Å²) in [6.07, 6.45) is 1.05. The number of ether oxygens (including phenoxy) is 1. The van der Waals surface area contributed by atoms with Gasteiger partial charge in [-0.15, -0.1) is 0 Å². The maximum absolute atomic E-state index is 12.7. The summed E-state index contributed by atoms with van der Waals surface area (Å²) in [7, 11) is -3.73. The van der Waals surface area contributed by atoms with Crippen molar-refractivity contribution in [2.24, 2.45) is 0 Å². The van der Waals surface area contributed by atoms with Gasteiger partial charge in [-0.25, -0.2) is 8.42 Å². The highest BCUT2D eigenvalue weighted by Gasteiger charge is 2.29. The van der Waals surface area contributed by atoms with Gasteiger partial charge in [0.1, 0.15) is 11.8 Å². The van der Waals surface area contributed by atoms with Gasteiger partial charge in [0, 0.05) is 18.3 Å². The Morgan fingerprint density at radius 1 is 1.07 bits per heavy atom. The minimum Gasteiger partial charge on any atom is -0.494 e. The molecule has 2 aromatic carbocycles. The molecule has 0 aliphatic heterocycles. The van der Waals surface area contributed by atoms with Crippen LogP contribution in [0.25, 0.3) is 0 Å². The lowest BCUT2D eigenvalue weighted by atomic mass is 10.2. The molecule has 9 heteroatoms. The molecule has 1 atom stereocenters. The number of nitrogens with one attached hydrogen (secondary N) is 2. The van der Waals surface area contributed by atoms with E-state index in [1.54, 1.807) is 48.5 Å². The normalized spacial score (nSPS) is 12.0. The summed E-state index contributed by atoms with van der Waals surface area (Å²) in [5, 5.41) is 5.32. The second kappa shape index (κ2) is 9.42. The van der Waals surface area contributed by atoms with Crippen molar-refractivity contribution in [2.75, 3.05) is 27.8 Å². The number of nitrogens with zero attached hydrogens (tertiary/aromatic N) is 1. The third kappa shape index (κ3) is 6.21. The van der Waals surface area contributed by atoms with Crippen molar-refractivity contribution >= 4 is 38.9 Å². The highest BCUT2D eigenvalue weighted by Crippen LogP contribution is 2.25. The molecule has 0 spiro atoms. The zero-order valence-corrected chi connectivity index (χ0v) is 17.6. The predicted molar refractivity (Wildman–Crippen MR) is 114 cm³/mol. The average Bonchev–Trinajstić information content (AvgIpc) is 2.62. The number of carbonyl (C=O) groups is 2. The molecule has 0 radical (unpaired) electrons. The first-order valence-corrected chi connectivity index (χ1v) is 10.9. The molecule has 2 rings (SSSR count). The Balaban J connectivity index is 2.24. The van der Waals surface area contributed by atoms with Gasteiger partial charge in [-0.2, -0.15) is 0 Å². The number of carbonyl (C=O) groups excluding carboxylic acids is 2. The third-order valence-electron chi connectivity index (χ3n) is 3.94. The van der Waals surface area contributed by atoms with Crippen LogP contribution in [-0.2, 0) is 19.6 Å². The van der Waals surface area contributed by atoms with E-state index in [0.29, 0.717) is 29.4 Å². The Labute approximate surface area is 170 Å². The van der Waals surface area contributed by atoms with E-state index in [1.807, 2.05) is 6.92 Å². The summed E-state index contributed by atoms with van der Waals surface area (Å²) in [6.45, 7) is 5.23. The minimum absolute atomic E-state index is 0.236. The average molecular weight is 420 g/mol. The molecule has 0 unspecified atom stereocenters. The first kappa shape index (κ1) is 22.2. The van der Waals surface area contributed by atoms with E-state index in [0.717, 1.165) is 10.6 Å². The first-order valence-electron chi connectivity index (χ1n) is 9.02. The van der Waals surface area contributed by atoms with E-state index in [1.165, 1.54) is 13.8 Å². The van der Waals surface area contributed by atoms with Crippen molar-refractivity contribution in [1.29, 1.82) is 0 Å². The Morgan fingerprint density at radius 3 is 2.17 bits per heavy atom. The molecule has 2 amide bonds. The highest BCUT2D eigenvalue weighted by atomic mass is 32.2. The lowest BCUT2D eigenvalue weighted by Crippen LogP contribution is -2.45. The van der Waals surface area contributed by atoms with Crippen LogP contribution >= 0.6 is 0 Å². The second-order valence-corrected chi connectivity index (χ2v) is 8.27. The third-order valence-corrected chi connectivity index (χ3v) is 5.18. The maximum atomic E-state index is 12.7. The van der Waals surface area contributed by atoms with Crippen molar-refractivity contribution < 1.29 is 22.7 Å². The highest BCUT2D eigenvalue weighted by molar-refractivity contribution is 7.92. The summed E-state index contributed by atoms with van der Waals surface area (Å²) in [6, 6.07) is 12.1. The van der Waals surface area contributed by atoms with Gasteiger partial charge < -0.3 is 15.4 Å². The van der Waals surface area contributed by atoms with Crippen LogP contribution in [-0.4, -0.2) is 39.1 Å².